The summed E-state index contributed by atoms with van der Waals surface area (Å²) in [6, 6.07) is 26.0. The fraction of sp³-hybridized carbons (Fsp3) is 0.120. The van der Waals surface area contributed by atoms with Crippen molar-refractivity contribution < 1.29 is 9.90 Å². The number of hydrogen-bond acceptors (Lipinski definition) is 5. The number of anilines is 1. The number of aromatic nitrogens is 1. The Morgan fingerprint density at radius 3 is 2.23 bits per heavy atom. The molecule has 0 saturated heterocycles. The maximum Gasteiger partial charge on any atom is 0.238 e. The van der Waals surface area contributed by atoms with Gasteiger partial charge < -0.3 is 10.4 Å². The van der Waals surface area contributed by atoms with Crippen LogP contribution in [0.4, 0.5) is 5.69 Å². The molecule has 0 aliphatic carbocycles. The number of pyridine rings is 1. The minimum atomic E-state index is -0.241. The third-order valence-electron chi connectivity index (χ3n) is 5.15. The molecule has 4 aromatic rings. The Balaban J connectivity index is 1.63. The minimum Gasteiger partial charge on any atom is -0.395 e. The fourth-order valence-corrected chi connectivity index (χ4v) is 3.58. The highest BCUT2D eigenvalue weighted by atomic mass is 16.3. The van der Waals surface area contributed by atoms with E-state index in [1.807, 2.05) is 66.7 Å². The number of benzene rings is 3. The molecule has 0 bridgehead atoms. The molecule has 1 aromatic heterocycles. The lowest BCUT2D eigenvalue weighted by molar-refractivity contribution is -0.120. The average Bonchev–Trinajstić information content (AvgIpc) is 2.83. The number of aliphatic hydroxyl groups is 1. The largest absolute Gasteiger partial charge is 0.395 e. The molecule has 0 aliphatic heterocycles. The van der Waals surface area contributed by atoms with E-state index in [9.17, 15) is 4.79 Å². The van der Waals surface area contributed by atoms with E-state index in [-0.39, 0.29) is 18.9 Å². The Kier molecular flexibility index (Phi) is 6.21. The quantitative estimate of drug-likeness (QED) is 0.211. The number of carbonyl (C=O) groups is 1. The summed E-state index contributed by atoms with van der Waals surface area (Å²) in [6.07, 6.45) is 0.196. The average molecular weight is 412 g/mol. The van der Waals surface area contributed by atoms with Gasteiger partial charge >= 0.3 is 0 Å². The second-order valence-corrected chi connectivity index (χ2v) is 7.23. The summed E-state index contributed by atoms with van der Waals surface area (Å²) in [5.74, 6) is 5.05. The Hall–Kier alpha value is -3.74. The number of hydrogen-bond donors (Lipinski definition) is 4. The number of nitrogens with zero attached hydrogens (tertiary/aromatic N) is 1. The second kappa shape index (κ2) is 9.38. The molecule has 0 aliphatic rings. The van der Waals surface area contributed by atoms with Gasteiger partial charge in [-0.25, -0.2) is 10.8 Å². The summed E-state index contributed by atoms with van der Waals surface area (Å²) < 4.78 is 0. The molecular weight excluding hydrogens is 388 g/mol. The highest BCUT2D eigenvalue weighted by molar-refractivity contribution is 5.90. The predicted octanol–water partition coefficient (Wildman–Crippen LogP) is 3.51. The van der Waals surface area contributed by atoms with Crippen molar-refractivity contribution in [3.05, 3.63) is 84.4 Å². The van der Waals surface area contributed by atoms with Crippen molar-refractivity contribution in [3.8, 4) is 22.4 Å². The molecule has 0 unspecified atom stereocenters. The normalized spacial score (nSPS) is 10.8. The number of amides is 1. The molecule has 0 saturated carbocycles. The third-order valence-corrected chi connectivity index (χ3v) is 5.15. The summed E-state index contributed by atoms with van der Waals surface area (Å²) in [5.41, 5.74) is 8.90. The topological polar surface area (TPSA) is 100 Å². The van der Waals surface area contributed by atoms with Gasteiger partial charge in [0, 0.05) is 23.2 Å². The van der Waals surface area contributed by atoms with Gasteiger partial charge in [-0.1, -0.05) is 54.6 Å². The smallest absolute Gasteiger partial charge is 0.238 e. The van der Waals surface area contributed by atoms with E-state index in [0.29, 0.717) is 6.54 Å². The molecule has 6 nitrogen and oxygen atoms in total. The molecule has 1 heterocycles. The van der Waals surface area contributed by atoms with E-state index < -0.39 is 0 Å². The first-order valence-electron chi connectivity index (χ1n) is 10.1. The van der Waals surface area contributed by atoms with Crippen LogP contribution in [0.2, 0.25) is 0 Å². The maximum absolute atomic E-state index is 11.9. The number of fused-ring (bicyclic) bond motifs is 1. The Morgan fingerprint density at radius 2 is 1.55 bits per heavy atom. The number of carbonyl (C=O) groups excluding carboxylic acids is 1. The van der Waals surface area contributed by atoms with Crippen LogP contribution in [0.5, 0.6) is 0 Å². The van der Waals surface area contributed by atoms with Crippen LogP contribution in [0, 0.1) is 0 Å². The molecule has 31 heavy (non-hydrogen) atoms. The van der Waals surface area contributed by atoms with Gasteiger partial charge in [0.1, 0.15) is 0 Å². The highest BCUT2D eigenvalue weighted by Gasteiger charge is 2.11. The Morgan fingerprint density at radius 1 is 0.903 bits per heavy atom. The van der Waals surface area contributed by atoms with Crippen LogP contribution in [0.15, 0.2) is 78.9 Å². The van der Waals surface area contributed by atoms with E-state index in [0.717, 1.165) is 44.5 Å². The zero-order valence-electron chi connectivity index (χ0n) is 17.0. The summed E-state index contributed by atoms with van der Waals surface area (Å²) >= 11 is 0. The van der Waals surface area contributed by atoms with Crippen LogP contribution in [0.25, 0.3) is 33.3 Å². The molecule has 0 radical (unpaired) electrons. The Labute approximate surface area is 180 Å². The molecular formula is C25H24N4O2. The summed E-state index contributed by atoms with van der Waals surface area (Å²) in [6.45, 7) is 0.631. The minimum absolute atomic E-state index is 0.102. The van der Waals surface area contributed by atoms with E-state index in [4.69, 9.17) is 15.9 Å². The second-order valence-electron chi connectivity index (χ2n) is 7.23. The number of nitrogens with one attached hydrogen (secondary N) is 2. The molecule has 6 heteroatoms. The van der Waals surface area contributed by atoms with Gasteiger partial charge in [0.15, 0.2) is 0 Å². The molecule has 156 valence electrons. The number of hydrazine groups is 1. The van der Waals surface area contributed by atoms with E-state index >= 15 is 0 Å². The van der Waals surface area contributed by atoms with Crippen molar-refractivity contribution in [2.45, 2.75) is 6.42 Å². The zero-order valence-corrected chi connectivity index (χ0v) is 17.0. The van der Waals surface area contributed by atoms with E-state index in [1.54, 1.807) is 0 Å². The maximum atomic E-state index is 11.9. The number of aliphatic hydroxyl groups excluding tert-OH is 1. The van der Waals surface area contributed by atoms with E-state index in [1.165, 1.54) is 0 Å². The van der Waals surface area contributed by atoms with Crippen molar-refractivity contribution in [2.75, 3.05) is 18.5 Å². The first kappa shape index (κ1) is 20.5. The van der Waals surface area contributed by atoms with Crippen molar-refractivity contribution in [3.63, 3.8) is 0 Å². The van der Waals surface area contributed by atoms with Crippen LogP contribution in [-0.4, -0.2) is 29.1 Å². The Bertz CT molecular complexity index is 1190. The lowest BCUT2D eigenvalue weighted by Gasteiger charge is -2.10. The molecule has 3 aromatic carbocycles. The monoisotopic (exact) mass is 412 g/mol. The summed E-state index contributed by atoms with van der Waals surface area (Å²) in [4.78, 5) is 16.7. The summed E-state index contributed by atoms with van der Waals surface area (Å²) in [7, 11) is 0. The summed E-state index contributed by atoms with van der Waals surface area (Å²) in [5, 5.41) is 13.0. The zero-order chi connectivity index (χ0) is 21.6. The molecule has 4 rings (SSSR count). The van der Waals surface area contributed by atoms with Crippen LogP contribution in [0.3, 0.4) is 0 Å². The third kappa shape index (κ3) is 4.71. The first-order chi connectivity index (χ1) is 15.2. The van der Waals surface area contributed by atoms with Crippen molar-refractivity contribution in [1.29, 1.82) is 0 Å². The molecule has 0 spiro atoms. The highest BCUT2D eigenvalue weighted by Crippen LogP contribution is 2.28. The fourth-order valence-electron chi connectivity index (χ4n) is 3.58. The number of nitrogens with two attached hydrogens (primary N) is 1. The van der Waals surface area contributed by atoms with Gasteiger partial charge in [-0.3, -0.25) is 10.2 Å². The van der Waals surface area contributed by atoms with Gasteiger partial charge in [-0.2, -0.15) is 0 Å². The SMILES string of the molecule is NNC(=O)Cc1cc(-c2ccc(-c3ccc(NCCO)cc3)cc2)nc2ccccc12. The van der Waals surface area contributed by atoms with Crippen molar-refractivity contribution in [2.24, 2.45) is 5.84 Å². The molecule has 5 N–H and O–H groups in total. The standard InChI is InChI=1S/C25H24N4O2/c26-29-25(31)16-20-15-24(28-23-4-2-1-3-22(20)23)19-7-5-17(6-8-19)18-9-11-21(12-10-18)27-13-14-30/h1-12,15,27,30H,13-14,16,26H2,(H,29,31). The lowest BCUT2D eigenvalue weighted by Crippen LogP contribution is -2.31. The lowest BCUT2D eigenvalue weighted by atomic mass is 9.99. The van der Waals surface area contributed by atoms with Crippen molar-refractivity contribution in [1.82, 2.24) is 10.4 Å². The molecule has 0 fully saturated rings. The molecule has 1 amide bonds. The first-order valence-corrected chi connectivity index (χ1v) is 10.1. The van der Waals surface area contributed by atoms with E-state index in [2.05, 4.69) is 22.9 Å². The van der Waals surface area contributed by atoms with Gasteiger partial charge in [0.05, 0.1) is 24.2 Å². The van der Waals surface area contributed by atoms with Crippen LogP contribution >= 0.6 is 0 Å². The van der Waals surface area contributed by atoms with Gasteiger partial charge in [0.2, 0.25) is 5.91 Å². The van der Waals surface area contributed by atoms with Gasteiger partial charge in [-0.15, -0.1) is 0 Å². The number of para-hydroxylation sites is 1. The van der Waals surface area contributed by atoms with Crippen molar-refractivity contribution >= 4 is 22.5 Å². The van der Waals surface area contributed by atoms with Gasteiger partial charge in [-0.05, 0) is 41.0 Å². The molecule has 0 atom stereocenters. The predicted molar refractivity (Wildman–Crippen MR) is 124 cm³/mol. The van der Waals surface area contributed by atoms with Crippen LogP contribution in [0.1, 0.15) is 5.56 Å². The van der Waals surface area contributed by atoms with Gasteiger partial charge in [0.25, 0.3) is 0 Å². The van der Waals surface area contributed by atoms with Crippen LogP contribution in [-0.2, 0) is 11.2 Å². The van der Waals surface area contributed by atoms with Crippen LogP contribution < -0.4 is 16.6 Å². The number of rotatable bonds is 7.